The average Bonchev–Trinajstić information content (AvgIpc) is 3.22. The Hall–Kier alpha value is -2.06. The zero-order valence-corrected chi connectivity index (χ0v) is 17.1. The molecule has 1 amide bonds. The molecule has 0 radical (unpaired) electrons. The number of aromatic nitrogens is 3. The maximum Gasteiger partial charge on any atom is 0.233 e. The molecule has 28 heavy (non-hydrogen) atoms. The van der Waals surface area contributed by atoms with E-state index >= 15 is 0 Å². The molecule has 1 aromatic carbocycles. The molecule has 1 aliphatic carbocycles. The molecule has 1 aliphatic heterocycles. The van der Waals surface area contributed by atoms with Crippen LogP contribution in [-0.2, 0) is 16.1 Å². The van der Waals surface area contributed by atoms with Crippen LogP contribution in [0.5, 0.6) is 5.75 Å². The van der Waals surface area contributed by atoms with Gasteiger partial charge in [0.25, 0.3) is 0 Å². The normalized spacial score (nSPS) is 20.1. The molecular formula is C20H26N4O3S. The van der Waals surface area contributed by atoms with Gasteiger partial charge in [0.1, 0.15) is 5.75 Å². The van der Waals surface area contributed by atoms with E-state index < -0.39 is 0 Å². The Bertz CT molecular complexity index is 813. The largest absolute Gasteiger partial charge is 0.497 e. The second-order valence-corrected chi connectivity index (χ2v) is 8.63. The van der Waals surface area contributed by atoms with Crippen LogP contribution in [0.15, 0.2) is 29.4 Å². The fraction of sp³-hybridized carbons (Fsp3) is 0.550. The van der Waals surface area contributed by atoms with Gasteiger partial charge < -0.3 is 14.8 Å². The predicted molar refractivity (Wildman–Crippen MR) is 107 cm³/mol. The van der Waals surface area contributed by atoms with Crippen molar-refractivity contribution in [2.24, 2.45) is 0 Å². The van der Waals surface area contributed by atoms with E-state index in [2.05, 4.69) is 20.1 Å². The molecule has 2 aliphatic rings. The Balaban J connectivity index is 1.57. The highest BCUT2D eigenvalue weighted by Gasteiger charge is 2.28. The van der Waals surface area contributed by atoms with Crippen molar-refractivity contribution in [3.63, 3.8) is 0 Å². The van der Waals surface area contributed by atoms with Crippen molar-refractivity contribution in [1.29, 1.82) is 0 Å². The van der Waals surface area contributed by atoms with Crippen LogP contribution in [0, 0.1) is 0 Å². The van der Waals surface area contributed by atoms with Gasteiger partial charge in [-0.2, -0.15) is 0 Å². The quantitative estimate of drug-likeness (QED) is 0.684. The fourth-order valence-electron chi connectivity index (χ4n) is 3.24. The summed E-state index contributed by atoms with van der Waals surface area (Å²) in [5.41, 5.74) is 0.966. The van der Waals surface area contributed by atoms with Crippen molar-refractivity contribution in [3.8, 4) is 17.1 Å². The number of thioether (sulfide) groups is 1. The number of rotatable bonds is 8. The van der Waals surface area contributed by atoms with E-state index in [4.69, 9.17) is 9.47 Å². The Morgan fingerprint density at radius 1 is 1.32 bits per heavy atom. The Labute approximate surface area is 169 Å². The highest BCUT2D eigenvalue weighted by Crippen LogP contribution is 2.30. The first-order valence-corrected chi connectivity index (χ1v) is 10.7. The maximum absolute atomic E-state index is 12.4. The Morgan fingerprint density at radius 2 is 2.11 bits per heavy atom. The van der Waals surface area contributed by atoms with E-state index in [9.17, 15) is 4.79 Å². The van der Waals surface area contributed by atoms with Crippen LogP contribution in [0.2, 0.25) is 0 Å². The van der Waals surface area contributed by atoms with Crippen LogP contribution in [0.1, 0.15) is 32.6 Å². The van der Waals surface area contributed by atoms with E-state index in [1.54, 1.807) is 7.11 Å². The number of hydrogen-bond donors (Lipinski definition) is 1. The number of carbonyl (C=O) groups is 1. The average molecular weight is 403 g/mol. The van der Waals surface area contributed by atoms with E-state index in [-0.39, 0.29) is 17.3 Å². The first kappa shape index (κ1) is 19.3. The second-order valence-electron chi connectivity index (χ2n) is 7.32. The summed E-state index contributed by atoms with van der Waals surface area (Å²) >= 11 is 1.45. The number of benzene rings is 1. The Morgan fingerprint density at radius 3 is 2.75 bits per heavy atom. The molecule has 1 N–H and O–H groups in total. The molecule has 1 saturated heterocycles. The predicted octanol–water partition coefficient (Wildman–Crippen LogP) is 2.89. The van der Waals surface area contributed by atoms with Gasteiger partial charge in [0.2, 0.25) is 5.91 Å². The maximum atomic E-state index is 12.4. The first-order chi connectivity index (χ1) is 13.6. The van der Waals surface area contributed by atoms with Crippen LogP contribution in [-0.4, -0.2) is 51.8 Å². The van der Waals surface area contributed by atoms with Crippen molar-refractivity contribution in [3.05, 3.63) is 24.3 Å². The number of hydrogen-bond acceptors (Lipinski definition) is 6. The molecule has 0 bridgehead atoms. The van der Waals surface area contributed by atoms with Crippen molar-refractivity contribution in [1.82, 2.24) is 20.1 Å². The van der Waals surface area contributed by atoms with E-state index in [0.29, 0.717) is 12.6 Å². The lowest BCUT2D eigenvalue weighted by Crippen LogP contribution is -2.32. The summed E-state index contributed by atoms with van der Waals surface area (Å²) in [5, 5.41) is 12.4. The van der Waals surface area contributed by atoms with Crippen molar-refractivity contribution >= 4 is 17.7 Å². The lowest BCUT2D eigenvalue weighted by molar-refractivity contribution is -0.120. The molecule has 2 atom stereocenters. The zero-order valence-electron chi connectivity index (χ0n) is 16.3. The van der Waals surface area contributed by atoms with Gasteiger partial charge >= 0.3 is 0 Å². The van der Waals surface area contributed by atoms with Gasteiger partial charge in [-0.25, -0.2) is 0 Å². The molecule has 2 heterocycles. The number of amides is 1. The number of ether oxygens (including phenoxy) is 2. The minimum Gasteiger partial charge on any atom is -0.497 e. The fourth-order valence-corrected chi connectivity index (χ4v) is 4.11. The molecule has 2 aromatic rings. The molecule has 1 saturated carbocycles. The standard InChI is InChI=1S/C20H26N4O3S/c1-13(19(25)21-15-7-8-15)28-20-23-22-18(14-5-9-16(26-2)10-6-14)24(20)12-17-4-3-11-27-17/h5-6,9-10,13,15,17H,3-4,7-8,11-12H2,1-2H3,(H,21,25)/t13-,17-/m0/s1. The van der Waals surface area contributed by atoms with Gasteiger partial charge in [0.05, 0.1) is 25.0 Å². The van der Waals surface area contributed by atoms with Gasteiger partial charge in [-0.1, -0.05) is 11.8 Å². The van der Waals surface area contributed by atoms with Crippen LogP contribution < -0.4 is 10.1 Å². The lowest BCUT2D eigenvalue weighted by atomic mass is 10.2. The number of methoxy groups -OCH3 is 1. The summed E-state index contributed by atoms with van der Waals surface area (Å²) in [6.07, 6.45) is 4.43. The topological polar surface area (TPSA) is 78.3 Å². The van der Waals surface area contributed by atoms with E-state index in [1.807, 2.05) is 31.2 Å². The van der Waals surface area contributed by atoms with Crippen molar-refractivity contribution < 1.29 is 14.3 Å². The number of carbonyl (C=O) groups excluding carboxylic acids is 1. The monoisotopic (exact) mass is 402 g/mol. The van der Waals surface area contributed by atoms with Gasteiger partial charge in [-0.15, -0.1) is 10.2 Å². The smallest absolute Gasteiger partial charge is 0.233 e. The van der Waals surface area contributed by atoms with Crippen LogP contribution >= 0.6 is 11.8 Å². The zero-order chi connectivity index (χ0) is 19.5. The molecule has 1 aromatic heterocycles. The molecule has 8 heteroatoms. The minimum absolute atomic E-state index is 0.0603. The van der Waals surface area contributed by atoms with Crippen LogP contribution in [0.4, 0.5) is 0 Å². The third kappa shape index (κ3) is 4.50. The highest BCUT2D eigenvalue weighted by atomic mass is 32.2. The van der Waals surface area contributed by atoms with Crippen LogP contribution in [0.3, 0.4) is 0 Å². The van der Waals surface area contributed by atoms with Gasteiger partial charge in [0.15, 0.2) is 11.0 Å². The molecule has 0 unspecified atom stereocenters. The molecular weight excluding hydrogens is 376 g/mol. The van der Waals surface area contributed by atoms with E-state index in [1.165, 1.54) is 11.8 Å². The Kier molecular flexibility index (Phi) is 5.87. The number of nitrogens with one attached hydrogen (secondary N) is 1. The number of nitrogens with zero attached hydrogens (tertiary/aromatic N) is 3. The third-order valence-corrected chi connectivity index (χ3v) is 6.13. The minimum atomic E-state index is -0.225. The summed E-state index contributed by atoms with van der Waals surface area (Å²) in [5.74, 6) is 1.65. The summed E-state index contributed by atoms with van der Waals surface area (Å²) in [4.78, 5) is 12.4. The molecule has 4 rings (SSSR count). The van der Waals surface area contributed by atoms with E-state index in [0.717, 1.165) is 54.6 Å². The lowest BCUT2D eigenvalue weighted by Gasteiger charge is -2.16. The molecule has 0 spiro atoms. The second kappa shape index (κ2) is 8.53. The molecule has 7 nitrogen and oxygen atoms in total. The van der Waals surface area contributed by atoms with Gasteiger partial charge in [-0.3, -0.25) is 9.36 Å². The SMILES string of the molecule is COc1ccc(-c2nnc(S[C@@H](C)C(=O)NC3CC3)n2C[C@@H]2CCCO2)cc1. The summed E-state index contributed by atoms with van der Waals surface area (Å²) in [6, 6.07) is 8.15. The van der Waals surface area contributed by atoms with Crippen molar-refractivity contribution in [2.75, 3.05) is 13.7 Å². The van der Waals surface area contributed by atoms with Crippen molar-refractivity contribution in [2.45, 2.75) is 61.7 Å². The third-order valence-electron chi connectivity index (χ3n) is 5.05. The molecule has 2 fully saturated rings. The first-order valence-electron chi connectivity index (χ1n) is 9.80. The summed E-state index contributed by atoms with van der Waals surface area (Å²) in [6.45, 7) is 3.40. The van der Waals surface area contributed by atoms with Gasteiger partial charge in [-0.05, 0) is 56.9 Å². The molecule has 150 valence electrons. The summed E-state index contributed by atoms with van der Waals surface area (Å²) < 4.78 is 13.2. The highest BCUT2D eigenvalue weighted by molar-refractivity contribution is 8.00. The van der Waals surface area contributed by atoms with Crippen LogP contribution in [0.25, 0.3) is 11.4 Å². The summed E-state index contributed by atoms with van der Waals surface area (Å²) in [7, 11) is 1.65. The van der Waals surface area contributed by atoms with Gasteiger partial charge in [0, 0.05) is 18.2 Å².